The summed E-state index contributed by atoms with van der Waals surface area (Å²) >= 11 is 0. The highest BCUT2D eigenvalue weighted by Gasteiger charge is 2.22. The van der Waals surface area contributed by atoms with E-state index in [2.05, 4.69) is 4.90 Å². The van der Waals surface area contributed by atoms with Crippen LogP contribution < -0.4 is 9.47 Å². The molecule has 0 saturated carbocycles. The predicted octanol–water partition coefficient (Wildman–Crippen LogP) is 4.20. The van der Waals surface area contributed by atoms with Crippen LogP contribution in [0.5, 0.6) is 17.4 Å². The molecule has 0 bridgehead atoms. The topological polar surface area (TPSA) is 69.0 Å². The van der Waals surface area contributed by atoms with Gasteiger partial charge in [-0.15, -0.1) is 0 Å². The van der Waals surface area contributed by atoms with E-state index in [0.29, 0.717) is 44.3 Å². The summed E-state index contributed by atoms with van der Waals surface area (Å²) in [6.07, 6.45) is 0.295. The molecule has 0 unspecified atom stereocenters. The van der Waals surface area contributed by atoms with Crippen LogP contribution in [-0.2, 0) is 11.3 Å². The van der Waals surface area contributed by atoms with Crippen LogP contribution in [0.4, 0.5) is 0 Å². The molecule has 0 fully saturated rings. The van der Waals surface area contributed by atoms with E-state index >= 15 is 0 Å². The molecule has 0 spiro atoms. The molecule has 1 atom stereocenters. The molecule has 2 aromatic carbocycles. The largest absolute Gasteiger partial charge is 0.497 e. The summed E-state index contributed by atoms with van der Waals surface area (Å²) in [6.45, 7) is 6.39. The highest BCUT2D eigenvalue weighted by atomic mass is 16.5. The number of ether oxygens (including phenoxy) is 3. The third-order valence-electron chi connectivity index (χ3n) is 5.35. The Morgan fingerprint density at radius 3 is 2.34 bits per heavy atom. The first kappa shape index (κ1) is 23.8. The monoisotopic (exact) mass is 439 g/mol. The van der Waals surface area contributed by atoms with Gasteiger partial charge in [-0.25, -0.2) is 4.68 Å². The fourth-order valence-electron chi connectivity index (χ4n) is 3.43. The SMILES string of the molecule is CC[C@@H](O)CN(CCOC)Cc1c(C)nn(-c2ccccc2)c1Oc1ccc(OC)cc1. The van der Waals surface area contributed by atoms with Gasteiger partial charge in [0.05, 0.1) is 36.8 Å². The summed E-state index contributed by atoms with van der Waals surface area (Å²) in [6, 6.07) is 17.4. The zero-order valence-corrected chi connectivity index (χ0v) is 19.3. The number of aliphatic hydroxyl groups is 1. The molecule has 172 valence electrons. The van der Waals surface area contributed by atoms with Gasteiger partial charge in [0.1, 0.15) is 11.5 Å². The molecule has 3 aromatic rings. The van der Waals surface area contributed by atoms with E-state index in [0.717, 1.165) is 22.7 Å². The second-order valence-corrected chi connectivity index (χ2v) is 7.68. The zero-order valence-electron chi connectivity index (χ0n) is 19.3. The highest BCUT2D eigenvalue weighted by Crippen LogP contribution is 2.32. The van der Waals surface area contributed by atoms with Crippen molar-refractivity contribution in [2.24, 2.45) is 0 Å². The molecule has 3 rings (SSSR count). The lowest BCUT2D eigenvalue weighted by Gasteiger charge is -2.24. The van der Waals surface area contributed by atoms with Crippen LogP contribution in [0, 0.1) is 6.92 Å². The van der Waals surface area contributed by atoms with Crippen molar-refractivity contribution in [2.75, 3.05) is 33.9 Å². The Balaban J connectivity index is 1.98. The van der Waals surface area contributed by atoms with E-state index in [1.54, 1.807) is 14.2 Å². The lowest BCUT2D eigenvalue weighted by atomic mass is 10.2. The standard InChI is InChI=1S/C25H33N3O4/c1-5-21(29)17-27(15-16-30-3)18-24-19(2)26-28(20-9-7-6-8-10-20)25(24)32-23-13-11-22(31-4)12-14-23/h6-14,21,29H,5,15-18H2,1-4H3/t21-/m1/s1. The van der Waals surface area contributed by atoms with E-state index in [4.69, 9.17) is 19.3 Å². The predicted molar refractivity (Wildman–Crippen MR) is 125 cm³/mol. The first-order valence-corrected chi connectivity index (χ1v) is 10.9. The van der Waals surface area contributed by atoms with E-state index < -0.39 is 6.10 Å². The number of aryl methyl sites for hydroxylation is 1. The van der Waals surface area contributed by atoms with Gasteiger partial charge in [-0.3, -0.25) is 4.90 Å². The average Bonchev–Trinajstić information content (AvgIpc) is 3.13. The van der Waals surface area contributed by atoms with Gasteiger partial charge in [0.25, 0.3) is 0 Å². The summed E-state index contributed by atoms with van der Waals surface area (Å²) < 4.78 is 18.8. The number of benzene rings is 2. The van der Waals surface area contributed by atoms with Gasteiger partial charge in [0.15, 0.2) is 0 Å². The number of aromatic nitrogens is 2. The Labute approximate surface area is 190 Å². The van der Waals surface area contributed by atoms with Crippen molar-refractivity contribution in [2.45, 2.75) is 32.9 Å². The van der Waals surface area contributed by atoms with Gasteiger partial charge in [-0.2, -0.15) is 5.10 Å². The normalized spacial score (nSPS) is 12.2. The Bertz CT molecular complexity index is 957. The maximum atomic E-state index is 10.3. The zero-order chi connectivity index (χ0) is 22.9. The molecule has 7 nitrogen and oxygen atoms in total. The maximum Gasteiger partial charge on any atom is 0.227 e. The average molecular weight is 440 g/mol. The van der Waals surface area contributed by atoms with Gasteiger partial charge >= 0.3 is 0 Å². The summed E-state index contributed by atoms with van der Waals surface area (Å²) in [7, 11) is 3.33. The van der Waals surface area contributed by atoms with Gasteiger partial charge in [0.2, 0.25) is 5.88 Å². The van der Waals surface area contributed by atoms with Gasteiger partial charge in [0, 0.05) is 26.7 Å². The maximum absolute atomic E-state index is 10.3. The molecule has 1 aromatic heterocycles. The van der Waals surface area contributed by atoms with Crippen LogP contribution in [0.25, 0.3) is 5.69 Å². The van der Waals surface area contributed by atoms with Crippen LogP contribution in [0.15, 0.2) is 54.6 Å². The fraction of sp³-hybridized carbons (Fsp3) is 0.400. The molecule has 1 N–H and O–H groups in total. The first-order valence-electron chi connectivity index (χ1n) is 10.9. The number of methoxy groups -OCH3 is 2. The van der Waals surface area contributed by atoms with Crippen molar-refractivity contribution in [3.63, 3.8) is 0 Å². The highest BCUT2D eigenvalue weighted by molar-refractivity contribution is 5.44. The van der Waals surface area contributed by atoms with Crippen molar-refractivity contribution in [1.29, 1.82) is 0 Å². The Hall–Kier alpha value is -2.87. The summed E-state index contributed by atoms with van der Waals surface area (Å²) in [5.74, 6) is 2.12. The first-order chi connectivity index (χ1) is 15.5. The Kier molecular flexibility index (Phi) is 8.67. The molecule has 0 amide bonds. The molecule has 1 heterocycles. The van der Waals surface area contributed by atoms with Gasteiger partial charge < -0.3 is 19.3 Å². The van der Waals surface area contributed by atoms with Crippen molar-refractivity contribution >= 4 is 0 Å². The van der Waals surface area contributed by atoms with E-state index in [9.17, 15) is 5.11 Å². The number of rotatable bonds is 12. The molecule has 0 radical (unpaired) electrons. The fourth-order valence-corrected chi connectivity index (χ4v) is 3.43. The number of aliphatic hydroxyl groups excluding tert-OH is 1. The number of hydrogen-bond acceptors (Lipinski definition) is 6. The van der Waals surface area contributed by atoms with Crippen molar-refractivity contribution in [1.82, 2.24) is 14.7 Å². The van der Waals surface area contributed by atoms with E-state index in [1.165, 1.54) is 0 Å². The molecule has 0 aliphatic rings. The van der Waals surface area contributed by atoms with Crippen molar-refractivity contribution in [3.05, 3.63) is 65.9 Å². The summed E-state index contributed by atoms with van der Waals surface area (Å²) in [5.41, 5.74) is 2.78. The molecule has 7 heteroatoms. The van der Waals surface area contributed by atoms with Crippen molar-refractivity contribution < 1.29 is 19.3 Å². The third-order valence-corrected chi connectivity index (χ3v) is 5.35. The lowest BCUT2D eigenvalue weighted by Crippen LogP contribution is -2.34. The molecule has 0 aliphatic heterocycles. The van der Waals surface area contributed by atoms with Crippen LogP contribution in [0.3, 0.4) is 0 Å². The van der Waals surface area contributed by atoms with E-state index in [1.807, 2.05) is 73.1 Å². The molecule has 0 aliphatic carbocycles. The summed E-state index contributed by atoms with van der Waals surface area (Å²) in [5, 5.41) is 15.1. The molecular formula is C25H33N3O4. The number of hydrogen-bond donors (Lipinski definition) is 1. The van der Waals surface area contributed by atoms with Crippen LogP contribution in [0.2, 0.25) is 0 Å². The quantitative estimate of drug-likeness (QED) is 0.456. The number of para-hydroxylation sites is 1. The van der Waals surface area contributed by atoms with Crippen LogP contribution in [-0.4, -0.2) is 59.8 Å². The minimum atomic E-state index is -0.401. The van der Waals surface area contributed by atoms with Gasteiger partial charge in [-0.05, 0) is 49.7 Å². The van der Waals surface area contributed by atoms with Crippen LogP contribution in [0.1, 0.15) is 24.6 Å². The number of nitrogens with zero attached hydrogens (tertiary/aromatic N) is 3. The Morgan fingerprint density at radius 1 is 1.03 bits per heavy atom. The second kappa shape index (κ2) is 11.7. The van der Waals surface area contributed by atoms with Gasteiger partial charge in [-0.1, -0.05) is 25.1 Å². The molecule has 32 heavy (non-hydrogen) atoms. The second-order valence-electron chi connectivity index (χ2n) is 7.68. The summed E-state index contributed by atoms with van der Waals surface area (Å²) in [4.78, 5) is 2.18. The van der Waals surface area contributed by atoms with E-state index in [-0.39, 0.29) is 0 Å². The third kappa shape index (κ3) is 6.09. The van der Waals surface area contributed by atoms with Crippen molar-refractivity contribution in [3.8, 4) is 23.1 Å². The minimum Gasteiger partial charge on any atom is -0.497 e. The molecule has 0 saturated heterocycles. The smallest absolute Gasteiger partial charge is 0.227 e. The Morgan fingerprint density at radius 2 is 1.72 bits per heavy atom. The van der Waals surface area contributed by atoms with Crippen LogP contribution >= 0.6 is 0 Å². The lowest BCUT2D eigenvalue weighted by molar-refractivity contribution is 0.0825. The molecular weight excluding hydrogens is 406 g/mol. The minimum absolute atomic E-state index is 0.401.